The summed E-state index contributed by atoms with van der Waals surface area (Å²) in [6.45, 7) is 9.28. The molecule has 188 valence electrons. The van der Waals surface area contributed by atoms with Gasteiger partial charge in [-0.3, -0.25) is 9.36 Å². The van der Waals surface area contributed by atoms with Crippen molar-refractivity contribution in [2.45, 2.75) is 40.7 Å². The van der Waals surface area contributed by atoms with Gasteiger partial charge in [-0.1, -0.05) is 24.6 Å². The van der Waals surface area contributed by atoms with E-state index in [0.29, 0.717) is 13.1 Å². The number of hydrogen-bond acceptors (Lipinski definition) is 4. The Bertz CT molecular complexity index is 1360. The molecule has 3 aromatic carbocycles. The van der Waals surface area contributed by atoms with E-state index in [1.807, 2.05) is 57.1 Å². The second-order valence-electron chi connectivity index (χ2n) is 9.63. The van der Waals surface area contributed by atoms with Crippen LogP contribution in [0.1, 0.15) is 46.2 Å². The summed E-state index contributed by atoms with van der Waals surface area (Å²) in [5.74, 6) is 1.68. The Kier molecular flexibility index (Phi) is 7.34. The van der Waals surface area contributed by atoms with E-state index in [-0.39, 0.29) is 5.91 Å². The maximum absolute atomic E-state index is 13.8. The first-order valence-corrected chi connectivity index (χ1v) is 12.4. The molecule has 0 aliphatic heterocycles. The van der Waals surface area contributed by atoms with Gasteiger partial charge < -0.3 is 14.5 Å². The molecule has 0 atom stereocenters. The summed E-state index contributed by atoms with van der Waals surface area (Å²) >= 11 is 0. The molecule has 4 rings (SSSR count). The van der Waals surface area contributed by atoms with Crippen molar-refractivity contribution >= 4 is 22.6 Å². The third-order valence-corrected chi connectivity index (χ3v) is 6.56. The van der Waals surface area contributed by atoms with Crippen LogP contribution in [0.2, 0.25) is 0 Å². The van der Waals surface area contributed by atoms with Crippen LogP contribution in [0.25, 0.3) is 16.7 Å². The van der Waals surface area contributed by atoms with E-state index in [2.05, 4.69) is 53.6 Å². The van der Waals surface area contributed by atoms with Gasteiger partial charge >= 0.3 is 0 Å². The minimum absolute atomic E-state index is 0.0502. The highest BCUT2D eigenvalue weighted by atomic mass is 16.5. The minimum atomic E-state index is 0.0502. The number of benzene rings is 3. The molecule has 0 bridgehead atoms. The van der Waals surface area contributed by atoms with Gasteiger partial charge in [-0.05, 0) is 80.8 Å². The third-order valence-electron chi connectivity index (χ3n) is 6.56. The molecule has 0 fully saturated rings. The molecule has 0 N–H and O–H groups in total. The van der Waals surface area contributed by atoms with Crippen molar-refractivity contribution in [3.05, 3.63) is 82.7 Å². The number of amides is 1. The van der Waals surface area contributed by atoms with Crippen molar-refractivity contribution < 1.29 is 9.53 Å². The van der Waals surface area contributed by atoms with E-state index in [9.17, 15) is 4.79 Å². The second-order valence-corrected chi connectivity index (χ2v) is 9.63. The number of carbonyl (C=O) groups is 1. The number of aromatic nitrogens is 2. The van der Waals surface area contributed by atoms with Gasteiger partial charge in [0.1, 0.15) is 11.6 Å². The summed E-state index contributed by atoms with van der Waals surface area (Å²) in [5, 5.41) is 0. The lowest BCUT2D eigenvalue weighted by Crippen LogP contribution is -2.33. The molecule has 0 saturated heterocycles. The fraction of sp³-hybridized carbons (Fsp3) is 0.333. The summed E-state index contributed by atoms with van der Waals surface area (Å²) in [6, 6.07) is 18.4. The molecular weight excluding hydrogens is 448 g/mol. The van der Waals surface area contributed by atoms with Crippen molar-refractivity contribution in [3.63, 3.8) is 0 Å². The van der Waals surface area contributed by atoms with Gasteiger partial charge in [-0.15, -0.1) is 0 Å². The average Bonchev–Trinajstić information content (AvgIpc) is 3.20. The van der Waals surface area contributed by atoms with Crippen LogP contribution in [0.3, 0.4) is 0 Å². The Hall–Kier alpha value is -3.80. The molecule has 4 aromatic rings. The van der Waals surface area contributed by atoms with Gasteiger partial charge in [0, 0.05) is 37.6 Å². The predicted molar refractivity (Wildman–Crippen MR) is 148 cm³/mol. The first-order valence-electron chi connectivity index (χ1n) is 12.4. The van der Waals surface area contributed by atoms with Crippen molar-refractivity contribution in [2.24, 2.45) is 0 Å². The van der Waals surface area contributed by atoms with Gasteiger partial charge in [0.25, 0.3) is 5.91 Å². The van der Waals surface area contributed by atoms with Crippen LogP contribution in [0.15, 0.2) is 54.6 Å². The van der Waals surface area contributed by atoms with Crippen LogP contribution >= 0.6 is 0 Å². The van der Waals surface area contributed by atoms with Crippen molar-refractivity contribution in [1.82, 2.24) is 14.5 Å². The number of nitrogens with zero attached hydrogens (tertiary/aromatic N) is 4. The lowest BCUT2D eigenvalue weighted by molar-refractivity contribution is 0.0737. The Morgan fingerprint density at radius 1 is 0.972 bits per heavy atom. The number of hydrogen-bond donors (Lipinski definition) is 0. The summed E-state index contributed by atoms with van der Waals surface area (Å²) in [4.78, 5) is 22.9. The highest BCUT2D eigenvalue weighted by Gasteiger charge is 2.23. The lowest BCUT2D eigenvalue weighted by Gasteiger charge is -2.24. The smallest absolute Gasteiger partial charge is 0.254 e. The van der Waals surface area contributed by atoms with Crippen molar-refractivity contribution in [1.29, 1.82) is 0 Å². The zero-order chi connectivity index (χ0) is 26.0. The normalized spacial score (nSPS) is 11.1. The topological polar surface area (TPSA) is 50.6 Å². The first kappa shape index (κ1) is 25.3. The van der Waals surface area contributed by atoms with E-state index in [1.165, 1.54) is 5.56 Å². The molecule has 6 nitrogen and oxygen atoms in total. The molecule has 0 aliphatic carbocycles. The van der Waals surface area contributed by atoms with Crippen molar-refractivity contribution in [2.75, 3.05) is 32.6 Å². The quantitative estimate of drug-likeness (QED) is 0.304. The van der Waals surface area contributed by atoms with Gasteiger partial charge in [0.05, 0.1) is 24.7 Å². The number of aryl methyl sites for hydroxylation is 3. The standard InChI is InChI=1S/C30H36N4O2/c1-8-15-33(30(35)29-21(3)16-20(2)17-22(29)4)19-28-31-26-18-24(32(5)6)11-14-27(26)34(28)23-9-12-25(36-7)13-10-23/h9-14,16-18H,8,15,19H2,1-7H3. The van der Waals surface area contributed by atoms with E-state index >= 15 is 0 Å². The van der Waals surface area contributed by atoms with E-state index in [1.54, 1.807) is 7.11 Å². The van der Waals surface area contributed by atoms with E-state index < -0.39 is 0 Å². The summed E-state index contributed by atoms with van der Waals surface area (Å²) in [6.07, 6.45) is 0.864. The van der Waals surface area contributed by atoms with Gasteiger partial charge in [-0.2, -0.15) is 0 Å². The number of anilines is 1. The summed E-state index contributed by atoms with van der Waals surface area (Å²) in [7, 11) is 5.71. The second kappa shape index (κ2) is 10.4. The minimum Gasteiger partial charge on any atom is -0.497 e. The Morgan fingerprint density at radius 3 is 2.22 bits per heavy atom. The molecule has 36 heavy (non-hydrogen) atoms. The van der Waals surface area contributed by atoms with E-state index in [4.69, 9.17) is 9.72 Å². The number of imidazole rings is 1. The molecule has 6 heteroatoms. The number of carbonyl (C=O) groups excluding carboxylic acids is 1. The number of methoxy groups -OCH3 is 1. The summed E-state index contributed by atoms with van der Waals surface area (Å²) in [5.41, 5.74) is 7.96. The highest BCUT2D eigenvalue weighted by molar-refractivity contribution is 5.97. The fourth-order valence-corrected chi connectivity index (χ4v) is 4.89. The fourth-order valence-electron chi connectivity index (χ4n) is 4.89. The predicted octanol–water partition coefficient (Wildman–Crippen LogP) is 6.08. The highest BCUT2D eigenvalue weighted by Crippen LogP contribution is 2.28. The molecule has 1 aromatic heterocycles. The van der Waals surface area contributed by atoms with Gasteiger partial charge in [0.2, 0.25) is 0 Å². The zero-order valence-electron chi connectivity index (χ0n) is 22.4. The lowest BCUT2D eigenvalue weighted by atomic mass is 9.98. The first-order chi connectivity index (χ1) is 17.2. The Labute approximate surface area is 214 Å². The van der Waals surface area contributed by atoms with Crippen LogP contribution in [0, 0.1) is 20.8 Å². The third kappa shape index (κ3) is 4.94. The monoisotopic (exact) mass is 484 g/mol. The molecule has 0 radical (unpaired) electrons. The van der Waals surface area contributed by atoms with Crippen LogP contribution in [-0.2, 0) is 6.54 Å². The summed E-state index contributed by atoms with van der Waals surface area (Å²) < 4.78 is 7.52. The van der Waals surface area contributed by atoms with Crippen molar-refractivity contribution in [3.8, 4) is 11.4 Å². The zero-order valence-corrected chi connectivity index (χ0v) is 22.4. The molecule has 0 aliphatic rings. The largest absolute Gasteiger partial charge is 0.497 e. The number of ether oxygens (including phenoxy) is 1. The molecule has 0 saturated carbocycles. The maximum atomic E-state index is 13.8. The van der Waals surface area contributed by atoms with Crippen LogP contribution in [0.4, 0.5) is 5.69 Å². The van der Waals surface area contributed by atoms with Crippen LogP contribution in [-0.4, -0.2) is 48.1 Å². The molecule has 1 amide bonds. The average molecular weight is 485 g/mol. The van der Waals surface area contributed by atoms with E-state index in [0.717, 1.165) is 57.1 Å². The number of fused-ring (bicyclic) bond motifs is 1. The molecule has 0 unspecified atom stereocenters. The van der Waals surface area contributed by atoms with Gasteiger partial charge in [-0.25, -0.2) is 4.98 Å². The van der Waals surface area contributed by atoms with Crippen LogP contribution in [0.5, 0.6) is 5.75 Å². The number of rotatable bonds is 8. The maximum Gasteiger partial charge on any atom is 0.254 e. The van der Waals surface area contributed by atoms with Crippen LogP contribution < -0.4 is 9.64 Å². The Balaban J connectivity index is 1.83. The molecular formula is C30H36N4O2. The molecule has 0 spiro atoms. The molecule has 1 heterocycles. The SMILES string of the molecule is CCCN(Cc1nc2cc(N(C)C)ccc2n1-c1ccc(OC)cc1)C(=O)c1c(C)cc(C)cc1C. The Morgan fingerprint density at radius 2 is 1.64 bits per heavy atom. The van der Waals surface area contributed by atoms with Gasteiger partial charge in [0.15, 0.2) is 0 Å².